The highest BCUT2D eigenvalue weighted by Crippen LogP contribution is 2.52. The number of rotatable bonds is 3. The zero-order valence-corrected chi connectivity index (χ0v) is 31.1. The second kappa shape index (κ2) is 11.5. The number of fused-ring (bicyclic) bond motifs is 15. The van der Waals surface area contributed by atoms with Gasteiger partial charge in [-0.1, -0.05) is 184 Å². The van der Waals surface area contributed by atoms with Crippen molar-refractivity contribution in [1.82, 2.24) is 14.5 Å². The number of nitrogens with zero attached hydrogens (tertiary/aromatic N) is 3. The molecule has 11 aromatic rings. The van der Waals surface area contributed by atoms with E-state index in [2.05, 4.69) is 194 Å². The summed E-state index contributed by atoms with van der Waals surface area (Å²) >= 11 is 0. The minimum absolute atomic E-state index is 0.290. The second-order valence-electron chi connectivity index (χ2n) is 15.7. The molecule has 2 heterocycles. The Bertz CT molecular complexity index is 3390. The van der Waals surface area contributed by atoms with Gasteiger partial charge in [0.05, 0.1) is 22.4 Å². The van der Waals surface area contributed by atoms with Crippen molar-refractivity contribution in [2.45, 2.75) is 19.3 Å². The lowest BCUT2D eigenvalue weighted by molar-refractivity contribution is 0.657. The fourth-order valence-corrected chi connectivity index (χ4v) is 9.83. The van der Waals surface area contributed by atoms with Gasteiger partial charge in [0.15, 0.2) is 0 Å². The van der Waals surface area contributed by atoms with Crippen molar-refractivity contribution >= 4 is 64.9 Å². The highest BCUT2D eigenvalue weighted by molar-refractivity contribution is 6.36. The van der Waals surface area contributed by atoms with E-state index in [9.17, 15) is 0 Å². The normalized spacial score (nSPS) is 13.3. The highest BCUT2D eigenvalue weighted by Gasteiger charge is 2.40. The van der Waals surface area contributed by atoms with Gasteiger partial charge < -0.3 is 0 Å². The van der Waals surface area contributed by atoms with Crippen LogP contribution in [0.25, 0.3) is 104 Å². The summed E-state index contributed by atoms with van der Waals surface area (Å²) < 4.78 is 2.35. The predicted molar refractivity (Wildman–Crippen MR) is 235 cm³/mol. The SMILES string of the molecule is CC1(C)c2ccccc2-c2nc(-n3c4ccc5c6ccccc6c6ccccc6c5c4c4ccc5ccccc5c43)nc(-c3ccc(-c4ccccc4)cc3)c21. The van der Waals surface area contributed by atoms with E-state index < -0.39 is 0 Å². The largest absolute Gasteiger partial charge is 0.277 e. The van der Waals surface area contributed by atoms with E-state index in [-0.39, 0.29) is 5.41 Å². The molecule has 0 saturated heterocycles. The first-order chi connectivity index (χ1) is 27.6. The number of hydrogen-bond acceptors (Lipinski definition) is 2. The summed E-state index contributed by atoms with van der Waals surface area (Å²) in [7, 11) is 0. The summed E-state index contributed by atoms with van der Waals surface area (Å²) in [5.41, 5.74) is 11.0. The van der Waals surface area contributed by atoms with Crippen LogP contribution in [0.3, 0.4) is 0 Å². The Labute approximate surface area is 324 Å². The molecule has 0 amide bonds. The zero-order valence-electron chi connectivity index (χ0n) is 31.1. The van der Waals surface area contributed by atoms with E-state index in [1.54, 1.807) is 0 Å². The summed E-state index contributed by atoms with van der Waals surface area (Å²) in [6.07, 6.45) is 0. The second-order valence-corrected chi connectivity index (χ2v) is 15.7. The van der Waals surface area contributed by atoms with Crippen LogP contribution in [0, 0.1) is 0 Å². The fourth-order valence-electron chi connectivity index (χ4n) is 9.83. The maximum absolute atomic E-state index is 5.69. The molecule has 0 N–H and O–H groups in total. The Hall–Kier alpha value is -7.10. The minimum Gasteiger partial charge on any atom is -0.277 e. The molecule has 3 heteroatoms. The van der Waals surface area contributed by atoms with Crippen LogP contribution in [0.2, 0.25) is 0 Å². The molecule has 2 aromatic heterocycles. The number of benzene rings is 9. The summed E-state index contributed by atoms with van der Waals surface area (Å²) in [6, 6.07) is 63.9. The standard InChI is InChI=1S/C53H35N3/c1-53(2)44-23-13-12-22-42(44)50-48(53)49(35-26-24-33(25-27-35)32-14-4-3-5-15-32)54-52(55-50)56-45-31-30-41-39-20-9-8-18-37(39)38-19-10-11-21-40(38)46(41)47(45)43-29-28-34-16-6-7-17-36(34)51(43)56/h3-31H,1-2H3. The molecule has 0 radical (unpaired) electrons. The Kier molecular flexibility index (Phi) is 6.40. The molecule has 3 nitrogen and oxygen atoms in total. The molecule has 12 rings (SSSR count). The average molecular weight is 714 g/mol. The Morgan fingerprint density at radius 3 is 1.73 bits per heavy atom. The van der Waals surface area contributed by atoms with Crippen LogP contribution >= 0.6 is 0 Å². The molecule has 0 bridgehead atoms. The Balaban J connectivity index is 1.24. The van der Waals surface area contributed by atoms with Crippen molar-refractivity contribution in [2.24, 2.45) is 0 Å². The average Bonchev–Trinajstić information content (AvgIpc) is 3.72. The quantitative estimate of drug-likeness (QED) is 0.171. The van der Waals surface area contributed by atoms with Crippen LogP contribution in [0.15, 0.2) is 176 Å². The molecule has 9 aromatic carbocycles. The van der Waals surface area contributed by atoms with Gasteiger partial charge in [-0.05, 0) is 55.1 Å². The van der Waals surface area contributed by atoms with Crippen LogP contribution in [0.5, 0.6) is 0 Å². The van der Waals surface area contributed by atoms with Crippen molar-refractivity contribution in [2.75, 3.05) is 0 Å². The highest BCUT2D eigenvalue weighted by atomic mass is 15.2. The summed E-state index contributed by atoms with van der Waals surface area (Å²) in [6.45, 7) is 4.64. The van der Waals surface area contributed by atoms with Gasteiger partial charge in [0.2, 0.25) is 5.95 Å². The first-order valence-electron chi connectivity index (χ1n) is 19.4. The molecule has 56 heavy (non-hydrogen) atoms. The van der Waals surface area contributed by atoms with E-state index in [1.807, 2.05) is 0 Å². The smallest absolute Gasteiger partial charge is 0.235 e. The molecule has 0 unspecified atom stereocenters. The van der Waals surface area contributed by atoms with Crippen LogP contribution in [0.4, 0.5) is 0 Å². The van der Waals surface area contributed by atoms with Crippen molar-refractivity contribution in [1.29, 1.82) is 0 Å². The first kappa shape index (κ1) is 31.3. The van der Waals surface area contributed by atoms with E-state index in [0.717, 1.165) is 28.0 Å². The zero-order chi connectivity index (χ0) is 37.1. The summed E-state index contributed by atoms with van der Waals surface area (Å²) in [4.78, 5) is 11.3. The van der Waals surface area contributed by atoms with Gasteiger partial charge in [-0.3, -0.25) is 4.57 Å². The summed E-state index contributed by atoms with van der Waals surface area (Å²) in [5, 5.41) is 12.4. The van der Waals surface area contributed by atoms with E-state index in [0.29, 0.717) is 5.95 Å². The molecule has 0 aliphatic heterocycles. The molecular formula is C53H35N3. The molecule has 1 aliphatic rings. The predicted octanol–water partition coefficient (Wildman–Crippen LogP) is 13.8. The summed E-state index contributed by atoms with van der Waals surface area (Å²) in [5.74, 6) is 0.680. The third kappa shape index (κ3) is 4.23. The Morgan fingerprint density at radius 2 is 0.964 bits per heavy atom. The molecule has 0 fully saturated rings. The van der Waals surface area contributed by atoms with Gasteiger partial charge in [-0.2, -0.15) is 0 Å². The molecule has 0 atom stereocenters. The van der Waals surface area contributed by atoms with E-state index in [4.69, 9.17) is 9.97 Å². The fraction of sp³-hybridized carbons (Fsp3) is 0.0566. The maximum atomic E-state index is 5.69. The third-order valence-electron chi connectivity index (χ3n) is 12.4. The lowest BCUT2D eigenvalue weighted by Gasteiger charge is -2.24. The molecule has 1 aliphatic carbocycles. The van der Waals surface area contributed by atoms with Gasteiger partial charge in [-0.15, -0.1) is 0 Å². The van der Waals surface area contributed by atoms with Crippen molar-refractivity contribution < 1.29 is 0 Å². The van der Waals surface area contributed by atoms with Gasteiger partial charge in [0.25, 0.3) is 0 Å². The number of hydrogen-bond donors (Lipinski definition) is 0. The number of aromatic nitrogens is 3. The van der Waals surface area contributed by atoms with Crippen molar-refractivity contribution in [3.05, 3.63) is 187 Å². The lowest BCUT2D eigenvalue weighted by Crippen LogP contribution is -2.18. The topological polar surface area (TPSA) is 30.7 Å². The van der Waals surface area contributed by atoms with Crippen LogP contribution < -0.4 is 0 Å². The molecule has 0 spiro atoms. The lowest BCUT2D eigenvalue weighted by atomic mass is 9.81. The molecule has 0 saturated carbocycles. The molecule has 262 valence electrons. The van der Waals surface area contributed by atoms with Gasteiger partial charge in [0, 0.05) is 43.7 Å². The van der Waals surface area contributed by atoms with Gasteiger partial charge >= 0.3 is 0 Å². The monoisotopic (exact) mass is 713 g/mol. The third-order valence-corrected chi connectivity index (χ3v) is 12.4. The van der Waals surface area contributed by atoms with Crippen LogP contribution in [-0.2, 0) is 5.41 Å². The van der Waals surface area contributed by atoms with Crippen molar-refractivity contribution in [3.63, 3.8) is 0 Å². The van der Waals surface area contributed by atoms with Crippen LogP contribution in [0.1, 0.15) is 25.0 Å². The van der Waals surface area contributed by atoms with Gasteiger partial charge in [0.1, 0.15) is 0 Å². The van der Waals surface area contributed by atoms with Crippen molar-refractivity contribution in [3.8, 4) is 39.6 Å². The maximum Gasteiger partial charge on any atom is 0.235 e. The van der Waals surface area contributed by atoms with E-state index >= 15 is 0 Å². The van der Waals surface area contributed by atoms with Crippen LogP contribution in [-0.4, -0.2) is 14.5 Å². The van der Waals surface area contributed by atoms with E-state index in [1.165, 1.54) is 81.7 Å². The first-order valence-corrected chi connectivity index (χ1v) is 19.4. The van der Waals surface area contributed by atoms with Gasteiger partial charge in [-0.25, -0.2) is 9.97 Å². The molecular weight excluding hydrogens is 679 g/mol. The minimum atomic E-state index is -0.290. The Morgan fingerprint density at radius 1 is 0.411 bits per heavy atom.